The van der Waals surface area contributed by atoms with Crippen molar-refractivity contribution in [1.82, 2.24) is 17.2 Å². The molecule has 0 aliphatic heterocycles. The molecule has 0 aliphatic carbocycles. The maximum Gasteiger partial charge on any atom is 0.281 e. The predicted octanol–water partition coefficient (Wildman–Crippen LogP) is 2.27. The van der Waals surface area contributed by atoms with Crippen LogP contribution >= 0.6 is 12.4 Å². The van der Waals surface area contributed by atoms with Crippen molar-refractivity contribution in [1.29, 1.82) is 0 Å². The lowest BCUT2D eigenvalue weighted by Crippen LogP contribution is -2.48. The van der Waals surface area contributed by atoms with Crippen molar-refractivity contribution in [3.8, 4) is 0 Å². The fourth-order valence-corrected chi connectivity index (χ4v) is 3.91. The molecule has 0 saturated carbocycles. The molecule has 0 bridgehead atoms. The van der Waals surface area contributed by atoms with E-state index >= 15 is 0 Å². The summed E-state index contributed by atoms with van der Waals surface area (Å²) in [6, 6.07) is -0.600. The molecule has 0 aliphatic rings. The summed E-state index contributed by atoms with van der Waals surface area (Å²) < 4.78 is 51.8. The molecular weight excluding hydrogens is 516 g/mol. The minimum atomic E-state index is -3.47. The van der Waals surface area contributed by atoms with Crippen LogP contribution in [0.1, 0.15) is 56.4 Å². The number of isocyanates is 1. The van der Waals surface area contributed by atoms with E-state index in [4.69, 9.17) is 5.73 Å². The second kappa shape index (κ2) is 17.0. The van der Waals surface area contributed by atoms with Gasteiger partial charge in [-0.25, -0.2) is 9.79 Å². The topological polar surface area (TPSA) is 137 Å². The molecule has 0 aromatic rings. The zero-order valence-corrected chi connectivity index (χ0v) is 24.6. The molecule has 0 amide bonds. The third-order valence-electron chi connectivity index (χ3n) is 4.92. The van der Waals surface area contributed by atoms with Crippen LogP contribution in [0.15, 0.2) is 4.99 Å². The monoisotopic (exact) mass is 568 g/mol. The van der Waals surface area contributed by atoms with Crippen molar-refractivity contribution in [2.45, 2.75) is 68.5 Å². The number of halogens is 1. The Hall–Kier alpha value is -0.630. The summed E-state index contributed by atoms with van der Waals surface area (Å²) in [5, 5.41) is 0. The van der Waals surface area contributed by atoms with Crippen molar-refractivity contribution < 1.29 is 21.6 Å². The van der Waals surface area contributed by atoms with Crippen LogP contribution < -0.4 is 5.73 Å². The number of aliphatic imine (C=N–C) groups is 1. The summed E-state index contributed by atoms with van der Waals surface area (Å²) in [5.41, 5.74) is 5.52. The Balaban J connectivity index is -0.000000159. The van der Waals surface area contributed by atoms with E-state index in [0.29, 0.717) is 6.54 Å². The van der Waals surface area contributed by atoms with Crippen molar-refractivity contribution in [2.75, 3.05) is 55.4 Å². The third kappa shape index (κ3) is 15.3. The number of nitrogens with zero attached hydrogens (tertiary/aromatic N) is 5. The molecule has 0 rings (SSSR count). The summed E-state index contributed by atoms with van der Waals surface area (Å²) in [6.07, 6.45) is 1.50. The van der Waals surface area contributed by atoms with E-state index in [1.165, 1.54) is 54.2 Å². The molecular formula is C21H53ClN6O5S2. The SMILES string of the molecule is C.C.CN(C)S(=O)(=O)N(C)C[C@@H](N)C(C)(C)C.CN(C)S(=O)(=O)N(C)C[C@@H](N=C=O)C(C)(C)C.Cl. The molecule has 216 valence electrons. The van der Waals surface area contributed by atoms with Crippen LogP contribution in [-0.4, -0.2) is 108 Å². The first-order chi connectivity index (χ1) is 14.0. The standard InChI is InChI=1S/C10H21N3O3S.C9H23N3O2S.2CH4.ClH/c1-10(2,3)9(11-8-14)7-13(6)17(15,16)12(4)5;1-9(2,3)8(10)7-12(6)15(13,14)11(4)5;;;/h9H,7H2,1-6H3;8H,7,10H2,1-6H3;2*1H4;1H/t9-;8-;;;/m11.../s1. The van der Waals surface area contributed by atoms with Crippen LogP contribution in [0.2, 0.25) is 0 Å². The van der Waals surface area contributed by atoms with Gasteiger partial charge in [-0.05, 0) is 10.8 Å². The lowest BCUT2D eigenvalue weighted by Gasteiger charge is -2.31. The lowest BCUT2D eigenvalue weighted by atomic mass is 9.87. The average Bonchev–Trinajstić information content (AvgIpc) is 2.59. The van der Waals surface area contributed by atoms with Crippen LogP contribution in [-0.2, 0) is 25.2 Å². The lowest BCUT2D eigenvalue weighted by molar-refractivity contribution is 0.274. The first kappa shape index (κ1) is 44.4. The minimum Gasteiger partial charge on any atom is -0.326 e. The number of carbonyl (C=O) groups excluding carboxylic acids is 1. The van der Waals surface area contributed by atoms with Crippen LogP contribution in [0, 0.1) is 10.8 Å². The highest BCUT2D eigenvalue weighted by Crippen LogP contribution is 2.23. The summed E-state index contributed by atoms with van der Waals surface area (Å²) in [4.78, 5) is 14.0. The van der Waals surface area contributed by atoms with Crippen molar-refractivity contribution in [2.24, 2.45) is 21.6 Å². The van der Waals surface area contributed by atoms with Gasteiger partial charge in [0.1, 0.15) is 0 Å². The van der Waals surface area contributed by atoms with Crippen molar-refractivity contribution in [3.63, 3.8) is 0 Å². The van der Waals surface area contributed by atoms with E-state index in [0.717, 1.165) is 4.31 Å². The van der Waals surface area contributed by atoms with Crippen LogP contribution in [0.25, 0.3) is 0 Å². The Bertz CT molecular complexity index is 831. The molecule has 0 fully saturated rings. The Morgan fingerprint density at radius 3 is 1.29 bits per heavy atom. The molecule has 0 spiro atoms. The number of hydrogen-bond acceptors (Lipinski definition) is 7. The molecule has 0 aromatic heterocycles. The third-order valence-corrected chi connectivity index (χ3v) is 8.63. The fourth-order valence-electron chi connectivity index (χ4n) is 2.11. The Morgan fingerprint density at radius 2 is 1.06 bits per heavy atom. The van der Waals surface area contributed by atoms with Gasteiger partial charge < -0.3 is 5.73 Å². The van der Waals surface area contributed by atoms with Gasteiger partial charge in [-0.1, -0.05) is 56.4 Å². The molecule has 0 heterocycles. The molecule has 0 unspecified atom stereocenters. The van der Waals surface area contributed by atoms with Gasteiger partial charge in [-0.2, -0.15) is 34.1 Å². The molecule has 0 aromatic carbocycles. The van der Waals surface area contributed by atoms with Crippen LogP contribution in [0.3, 0.4) is 0 Å². The maximum atomic E-state index is 11.8. The Kier molecular flexibility index (Phi) is 21.5. The molecule has 2 atom stereocenters. The second-order valence-corrected chi connectivity index (χ2v) is 14.7. The normalized spacial score (nSPS) is 14.1. The zero-order chi connectivity index (χ0) is 26.3. The van der Waals surface area contributed by atoms with Gasteiger partial charge in [0.25, 0.3) is 20.4 Å². The number of hydrogen-bond donors (Lipinski definition) is 1. The highest BCUT2D eigenvalue weighted by atomic mass is 35.5. The van der Waals surface area contributed by atoms with Crippen molar-refractivity contribution in [3.05, 3.63) is 0 Å². The molecule has 11 nitrogen and oxygen atoms in total. The van der Waals surface area contributed by atoms with Gasteiger partial charge >= 0.3 is 0 Å². The summed E-state index contributed by atoms with van der Waals surface area (Å²) >= 11 is 0. The quantitative estimate of drug-likeness (QED) is 0.334. The molecule has 0 radical (unpaired) electrons. The van der Waals surface area contributed by atoms with Gasteiger partial charge in [0.15, 0.2) is 0 Å². The minimum absolute atomic E-state index is 0. The maximum absolute atomic E-state index is 11.8. The first-order valence-corrected chi connectivity index (χ1v) is 12.9. The predicted molar refractivity (Wildman–Crippen MR) is 150 cm³/mol. The number of rotatable bonds is 9. The highest BCUT2D eigenvalue weighted by molar-refractivity contribution is 7.86. The van der Waals surface area contributed by atoms with Crippen molar-refractivity contribution >= 4 is 38.9 Å². The molecule has 35 heavy (non-hydrogen) atoms. The van der Waals surface area contributed by atoms with E-state index in [-0.39, 0.29) is 50.7 Å². The summed E-state index contributed by atoms with van der Waals surface area (Å²) in [7, 11) is 2.13. The summed E-state index contributed by atoms with van der Waals surface area (Å²) in [5.74, 6) is 0. The summed E-state index contributed by atoms with van der Waals surface area (Å²) in [6.45, 7) is 12.1. The zero-order valence-electron chi connectivity index (χ0n) is 22.1. The van der Waals surface area contributed by atoms with E-state index in [1.807, 2.05) is 41.5 Å². The molecule has 2 N–H and O–H groups in total. The average molecular weight is 569 g/mol. The fraction of sp³-hybridized carbons (Fsp3) is 0.952. The molecule has 0 saturated heterocycles. The Morgan fingerprint density at radius 1 is 0.743 bits per heavy atom. The smallest absolute Gasteiger partial charge is 0.281 e. The van der Waals surface area contributed by atoms with Crippen LogP contribution in [0.5, 0.6) is 0 Å². The van der Waals surface area contributed by atoms with E-state index in [9.17, 15) is 21.6 Å². The largest absolute Gasteiger partial charge is 0.326 e. The number of nitrogens with two attached hydrogens (primary N) is 1. The molecule has 14 heteroatoms. The van der Waals surface area contributed by atoms with Gasteiger partial charge in [0.05, 0.1) is 6.04 Å². The van der Waals surface area contributed by atoms with Gasteiger partial charge in [-0.15, -0.1) is 12.4 Å². The highest BCUT2D eigenvalue weighted by Gasteiger charge is 2.30. The van der Waals surface area contributed by atoms with E-state index < -0.39 is 26.5 Å². The van der Waals surface area contributed by atoms with Gasteiger partial charge in [-0.3, -0.25) is 0 Å². The van der Waals surface area contributed by atoms with E-state index in [1.54, 1.807) is 7.05 Å². The van der Waals surface area contributed by atoms with Crippen LogP contribution in [0.4, 0.5) is 0 Å². The second-order valence-electron chi connectivity index (χ2n) is 10.2. The van der Waals surface area contributed by atoms with Gasteiger partial charge in [0.2, 0.25) is 6.08 Å². The number of likely N-dealkylation sites (N-methyl/N-ethyl adjacent to an activating group) is 2. The Labute approximate surface area is 222 Å². The first-order valence-electron chi connectivity index (χ1n) is 10.1. The van der Waals surface area contributed by atoms with Gasteiger partial charge in [0, 0.05) is 61.4 Å². The van der Waals surface area contributed by atoms with E-state index in [2.05, 4.69) is 4.99 Å².